The number of carbonyl (C=O) groups excluding carboxylic acids is 5. The Balaban J connectivity index is 3.05. The Morgan fingerprint density at radius 2 is 1.45 bits per heavy atom. The van der Waals surface area contributed by atoms with Gasteiger partial charge in [-0.3, -0.25) is 19.2 Å². The third-order valence-electron chi connectivity index (χ3n) is 5.80. The maximum Gasteiger partial charge on any atom is 0.407 e. The summed E-state index contributed by atoms with van der Waals surface area (Å²) in [5.41, 5.74) is 0.847. The van der Waals surface area contributed by atoms with Gasteiger partial charge in [0, 0.05) is 19.4 Å². The topological polar surface area (TPSA) is 143 Å². The Hall–Kier alpha value is -3.08. The summed E-state index contributed by atoms with van der Waals surface area (Å²) >= 11 is 1.53. The summed E-state index contributed by atoms with van der Waals surface area (Å²) in [5, 5.41) is 10.9. The third kappa shape index (κ3) is 14.9. The number of thioether (sulfide) groups is 1. The highest BCUT2D eigenvalue weighted by atomic mass is 32.2. The molecule has 224 valence electrons. The molecule has 0 aliphatic rings. The summed E-state index contributed by atoms with van der Waals surface area (Å²) in [6, 6.07) is 6.54. The second-order valence-electron chi connectivity index (χ2n) is 10.7. The number of nitrogens with one attached hydrogen (secondary N) is 4. The number of carbonyl (C=O) groups is 5. The summed E-state index contributed by atoms with van der Waals surface area (Å²) in [7, 11) is 0. The molecule has 0 saturated heterocycles. The summed E-state index contributed by atoms with van der Waals surface area (Å²) in [5.74, 6) is -0.656. The lowest BCUT2D eigenvalue weighted by atomic mass is 10.0. The molecule has 10 nitrogen and oxygen atoms in total. The Morgan fingerprint density at radius 3 is 2.02 bits per heavy atom. The van der Waals surface area contributed by atoms with Gasteiger partial charge >= 0.3 is 6.09 Å². The Labute approximate surface area is 242 Å². The van der Waals surface area contributed by atoms with Gasteiger partial charge in [-0.2, -0.15) is 11.8 Å². The van der Waals surface area contributed by atoms with Crippen LogP contribution in [0.2, 0.25) is 0 Å². The fraction of sp³-hybridized carbons (Fsp3) is 0.621. The van der Waals surface area contributed by atoms with E-state index in [2.05, 4.69) is 21.3 Å². The van der Waals surface area contributed by atoms with Gasteiger partial charge in [-0.25, -0.2) is 4.79 Å². The van der Waals surface area contributed by atoms with Gasteiger partial charge in [-0.05, 0) is 49.2 Å². The van der Waals surface area contributed by atoms with Crippen molar-refractivity contribution in [1.29, 1.82) is 0 Å². The minimum atomic E-state index is -0.930. The van der Waals surface area contributed by atoms with Crippen LogP contribution in [0, 0.1) is 11.8 Å². The third-order valence-corrected chi connectivity index (χ3v) is 6.44. The average molecular weight is 579 g/mol. The first-order valence-corrected chi connectivity index (χ1v) is 15.2. The van der Waals surface area contributed by atoms with Gasteiger partial charge in [0.05, 0.1) is 6.61 Å². The number of ketones is 1. The lowest BCUT2D eigenvalue weighted by molar-refractivity contribution is -0.133. The molecule has 3 unspecified atom stereocenters. The predicted octanol–water partition coefficient (Wildman–Crippen LogP) is 2.84. The molecule has 11 heteroatoms. The Morgan fingerprint density at radius 1 is 0.825 bits per heavy atom. The van der Waals surface area contributed by atoms with Crippen molar-refractivity contribution in [2.45, 2.75) is 78.4 Å². The van der Waals surface area contributed by atoms with Crippen LogP contribution < -0.4 is 21.3 Å². The molecule has 4 amide bonds. The molecule has 40 heavy (non-hydrogen) atoms. The second kappa shape index (κ2) is 19.1. The molecule has 4 N–H and O–H groups in total. The molecule has 1 rings (SSSR count). The van der Waals surface area contributed by atoms with Crippen molar-refractivity contribution in [3.63, 3.8) is 0 Å². The zero-order chi connectivity index (χ0) is 30.1. The molecule has 0 aromatic heterocycles. The smallest absolute Gasteiger partial charge is 0.407 e. The zero-order valence-electron chi connectivity index (χ0n) is 24.6. The van der Waals surface area contributed by atoms with Gasteiger partial charge in [0.2, 0.25) is 17.7 Å². The van der Waals surface area contributed by atoms with Crippen LogP contribution in [-0.4, -0.2) is 72.9 Å². The highest BCUT2D eigenvalue weighted by Crippen LogP contribution is 2.10. The van der Waals surface area contributed by atoms with E-state index in [1.54, 1.807) is 0 Å². The quantitative estimate of drug-likeness (QED) is 0.210. The van der Waals surface area contributed by atoms with Crippen LogP contribution in [0.5, 0.6) is 0 Å². The number of ether oxygens (including phenoxy) is 1. The maximum atomic E-state index is 13.5. The number of amides is 4. The highest BCUT2D eigenvalue weighted by molar-refractivity contribution is 7.98. The second-order valence-corrected chi connectivity index (χ2v) is 11.6. The van der Waals surface area contributed by atoms with E-state index in [1.807, 2.05) is 64.3 Å². The molecular weight excluding hydrogens is 532 g/mol. The Bertz CT molecular complexity index is 957. The van der Waals surface area contributed by atoms with Crippen LogP contribution in [0.1, 0.15) is 59.4 Å². The highest BCUT2D eigenvalue weighted by Gasteiger charge is 2.30. The van der Waals surface area contributed by atoms with Crippen molar-refractivity contribution in [3.8, 4) is 0 Å². The fourth-order valence-electron chi connectivity index (χ4n) is 3.72. The van der Waals surface area contributed by atoms with Gasteiger partial charge < -0.3 is 26.0 Å². The van der Waals surface area contributed by atoms with Crippen molar-refractivity contribution in [2.75, 3.05) is 25.2 Å². The van der Waals surface area contributed by atoms with Gasteiger partial charge in [0.1, 0.15) is 23.9 Å². The largest absolute Gasteiger partial charge is 0.449 e. The van der Waals surface area contributed by atoms with Crippen LogP contribution in [0.3, 0.4) is 0 Å². The molecule has 0 radical (unpaired) electrons. The number of hydrogen-bond acceptors (Lipinski definition) is 7. The molecule has 0 spiro atoms. The van der Waals surface area contributed by atoms with Crippen LogP contribution >= 0.6 is 11.8 Å². The van der Waals surface area contributed by atoms with E-state index < -0.39 is 41.9 Å². The molecule has 0 aliphatic heterocycles. The van der Waals surface area contributed by atoms with Crippen molar-refractivity contribution >= 4 is 41.4 Å². The van der Waals surface area contributed by atoms with E-state index in [-0.39, 0.29) is 43.6 Å². The number of hydrogen-bond donors (Lipinski definition) is 4. The van der Waals surface area contributed by atoms with Crippen LogP contribution in [0.15, 0.2) is 30.3 Å². The predicted molar refractivity (Wildman–Crippen MR) is 158 cm³/mol. The van der Waals surface area contributed by atoms with E-state index in [4.69, 9.17) is 4.74 Å². The monoisotopic (exact) mass is 578 g/mol. The van der Waals surface area contributed by atoms with Crippen molar-refractivity contribution in [1.82, 2.24) is 21.3 Å². The SMILES string of the molecule is CSCCC(NC(=O)OCC(C)C)C(=O)NC(CC(C)C)C(=O)NC(Cc1ccccc1)C(=O)NCCC(C)=O. The molecule has 0 aliphatic carbocycles. The standard InChI is InChI=1S/C29H46N4O6S/c1-19(2)16-24(31-27(36)23(13-15-40-6)33-29(38)39-18-20(3)4)28(37)32-25(17-22-10-8-7-9-11-22)26(35)30-14-12-21(5)34/h7-11,19-20,23-25H,12-18H2,1-6H3,(H,30,35)(H,31,36)(H,32,37)(H,33,38). The molecule has 1 aromatic carbocycles. The van der Waals surface area contributed by atoms with E-state index in [0.717, 1.165) is 5.56 Å². The normalized spacial score (nSPS) is 13.2. The van der Waals surface area contributed by atoms with Crippen LogP contribution in [0.4, 0.5) is 4.79 Å². The number of benzene rings is 1. The van der Waals surface area contributed by atoms with Crippen LogP contribution in [0.25, 0.3) is 0 Å². The van der Waals surface area contributed by atoms with Gasteiger partial charge in [0.25, 0.3) is 0 Å². The summed E-state index contributed by atoms with van der Waals surface area (Å²) in [6.07, 6.45) is 2.32. The van der Waals surface area contributed by atoms with Crippen LogP contribution in [-0.2, 0) is 30.3 Å². The first-order chi connectivity index (χ1) is 18.9. The molecule has 0 fully saturated rings. The number of rotatable bonds is 18. The van der Waals surface area contributed by atoms with Crippen molar-refractivity contribution in [2.24, 2.45) is 11.8 Å². The van der Waals surface area contributed by atoms with Crippen molar-refractivity contribution < 1.29 is 28.7 Å². The molecule has 1 aromatic rings. The zero-order valence-corrected chi connectivity index (χ0v) is 25.4. The van der Waals surface area contributed by atoms with Crippen molar-refractivity contribution in [3.05, 3.63) is 35.9 Å². The fourth-order valence-corrected chi connectivity index (χ4v) is 4.19. The van der Waals surface area contributed by atoms with E-state index in [9.17, 15) is 24.0 Å². The maximum absolute atomic E-state index is 13.5. The van der Waals surface area contributed by atoms with Gasteiger partial charge in [-0.15, -0.1) is 0 Å². The molecular formula is C29H46N4O6S. The van der Waals surface area contributed by atoms with E-state index in [1.165, 1.54) is 18.7 Å². The molecule has 3 atom stereocenters. The Kier molecular flexibility index (Phi) is 16.7. The minimum absolute atomic E-state index is 0.0543. The first-order valence-electron chi connectivity index (χ1n) is 13.8. The lowest BCUT2D eigenvalue weighted by Gasteiger charge is -2.26. The number of alkyl carbamates (subject to hydrolysis) is 1. The molecule has 0 heterocycles. The lowest BCUT2D eigenvalue weighted by Crippen LogP contribution is -2.57. The van der Waals surface area contributed by atoms with E-state index in [0.29, 0.717) is 18.6 Å². The number of Topliss-reactive ketones (excluding diaryl/α,β-unsaturated/α-hetero) is 1. The molecule has 0 saturated carbocycles. The van der Waals surface area contributed by atoms with Gasteiger partial charge in [-0.1, -0.05) is 58.0 Å². The van der Waals surface area contributed by atoms with E-state index >= 15 is 0 Å². The van der Waals surface area contributed by atoms with Gasteiger partial charge in [0.15, 0.2) is 0 Å². The summed E-state index contributed by atoms with van der Waals surface area (Å²) < 4.78 is 5.18. The molecule has 0 bridgehead atoms. The summed E-state index contributed by atoms with van der Waals surface area (Å²) in [4.78, 5) is 63.3. The minimum Gasteiger partial charge on any atom is -0.449 e. The summed E-state index contributed by atoms with van der Waals surface area (Å²) in [6.45, 7) is 9.50. The first kappa shape index (κ1) is 34.9. The average Bonchev–Trinajstić information content (AvgIpc) is 2.88.